The van der Waals surface area contributed by atoms with Gasteiger partial charge in [0.05, 0.1) is 13.2 Å². The molecule has 1 aromatic rings. The molecular formula is C14H23Cl2N3O3S. The highest BCUT2D eigenvalue weighted by Crippen LogP contribution is 2.17. The monoisotopic (exact) mass is 383 g/mol. The lowest BCUT2D eigenvalue weighted by Crippen LogP contribution is -2.42. The van der Waals surface area contributed by atoms with Crippen LogP contribution in [0.15, 0.2) is 5.38 Å². The Morgan fingerprint density at radius 1 is 1.48 bits per heavy atom. The molecular weight excluding hydrogens is 361 g/mol. The van der Waals surface area contributed by atoms with Crippen LogP contribution in [0.3, 0.4) is 0 Å². The Morgan fingerprint density at radius 2 is 2.22 bits per heavy atom. The van der Waals surface area contributed by atoms with E-state index in [1.807, 2.05) is 0 Å². The van der Waals surface area contributed by atoms with E-state index >= 15 is 0 Å². The maximum absolute atomic E-state index is 12.1. The molecule has 1 aliphatic rings. The van der Waals surface area contributed by atoms with Gasteiger partial charge in [-0.05, 0) is 33.2 Å². The summed E-state index contributed by atoms with van der Waals surface area (Å²) in [5.74, 6) is -0.291. The van der Waals surface area contributed by atoms with E-state index in [9.17, 15) is 9.59 Å². The number of nitrogens with zero attached hydrogens (tertiary/aromatic N) is 1. The lowest BCUT2D eigenvalue weighted by molar-refractivity contribution is -0.126. The van der Waals surface area contributed by atoms with Gasteiger partial charge < -0.3 is 15.4 Å². The number of halogens is 2. The van der Waals surface area contributed by atoms with Crippen molar-refractivity contribution in [3.05, 3.63) is 16.1 Å². The number of ether oxygens (including phenoxy) is 1. The molecule has 6 nitrogen and oxygen atoms in total. The Morgan fingerprint density at radius 3 is 2.87 bits per heavy atom. The van der Waals surface area contributed by atoms with Crippen LogP contribution in [0.25, 0.3) is 0 Å². The summed E-state index contributed by atoms with van der Waals surface area (Å²) >= 11 is 1.35. The first-order valence-corrected chi connectivity index (χ1v) is 8.10. The average molecular weight is 384 g/mol. The smallest absolute Gasteiger partial charge is 0.357 e. The van der Waals surface area contributed by atoms with Crippen LogP contribution in [0.2, 0.25) is 0 Å². The third-order valence-corrected chi connectivity index (χ3v) is 4.29. The molecule has 1 aliphatic heterocycles. The molecule has 23 heavy (non-hydrogen) atoms. The number of piperidine rings is 1. The summed E-state index contributed by atoms with van der Waals surface area (Å²) in [6.45, 7) is 5.42. The zero-order valence-corrected chi connectivity index (χ0v) is 15.6. The molecule has 0 bridgehead atoms. The second-order valence-electron chi connectivity index (χ2n) is 5.14. The number of amides is 1. The van der Waals surface area contributed by atoms with Crippen LogP contribution in [-0.2, 0) is 16.1 Å². The highest BCUT2D eigenvalue weighted by molar-refractivity contribution is 7.09. The van der Waals surface area contributed by atoms with Crippen LogP contribution in [-0.4, -0.2) is 36.1 Å². The Hall–Kier alpha value is -0.890. The molecule has 0 spiro atoms. The van der Waals surface area contributed by atoms with Crippen molar-refractivity contribution in [2.24, 2.45) is 5.92 Å². The Kier molecular flexibility index (Phi) is 10.4. The van der Waals surface area contributed by atoms with E-state index in [4.69, 9.17) is 4.74 Å². The molecule has 0 aromatic carbocycles. The van der Waals surface area contributed by atoms with Crippen molar-refractivity contribution in [1.82, 2.24) is 15.6 Å². The summed E-state index contributed by atoms with van der Waals surface area (Å²) in [7, 11) is 0. The van der Waals surface area contributed by atoms with Gasteiger partial charge in [0.15, 0.2) is 5.69 Å². The fraction of sp³-hybridized carbons (Fsp3) is 0.643. The molecule has 132 valence electrons. The second kappa shape index (κ2) is 10.8. The molecule has 1 amide bonds. The topological polar surface area (TPSA) is 80.3 Å². The molecule has 1 fully saturated rings. The zero-order chi connectivity index (χ0) is 15.2. The third-order valence-electron chi connectivity index (χ3n) is 3.44. The highest BCUT2D eigenvalue weighted by Gasteiger charge is 2.24. The molecule has 2 rings (SSSR count). The number of carbonyl (C=O) groups excluding carboxylic acids is 2. The number of thiazole rings is 1. The van der Waals surface area contributed by atoms with Gasteiger partial charge in [0.1, 0.15) is 5.01 Å². The molecule has 0 saturated carbocycles. The number of rotatable bonds is 5. The van der Waals surface area contributed by atoms with E-state index in [0.29, 0.717) is 29.9 Å². The summed E-state index contributed by atoms with van der Waals surface area (Å²) in [6, 6.07) is 0.379. The van der Waals surface area contributed by atoms with E-state index in [1.165, 1.54) is 11.3 Å². The molecule has 2 N–H and O–H groups in total. The predicted octanol–water partition coefficient (Wildman–Crippen LogP) is 2.17. The van der Waals surface area contributed by atoms with Crippen LogP contribution in [0.1, 0.15) is 42.2 Å². The van der Waals surface area contributed by atoms with Crippen molar-refractivity contribution in [1.29, 1.82) is 0 Å². The van der Waals surface area contributed by atoms with Gasteiger partial charge in [-0.3, -0.25) is 4.79 Å². The van der Waals surface area contributed by atoms with E-state index in [-0.39, 0.29) is 36.6 Å². The van der Waals surface area contributed by atoms with Crippen LogP contribution in [0.4, 0.5) is 0 Å². The van der Waals surface area contributed by atoms with Gasteiger partial charge in [-0.25, -0.2) is 9.78 Å². The SMILES string of the molecule is CCOC(=O)c1csc(CNC(=O)[C@H]2CCN[C@@H](C)C2)n1.Cl.Cl. The van der Waals surface area contributed by atoms with Gasteiger partial charge in [0.2, 0.25) is 5.91 Å². The minimum Gasteiger partial charge on any atom is -0.461 e. The molecule has 2 heterocycles. The van der Waals surface area contributed by atoms with Crippen molar-refractivity contribution < 1.29 is 14.3 Å². The van der Waals surface area contributed by atoms with Crippen molar-refractivity contribution in [2.45, 2.75) is 39.3 Å². The number of hydrogen-bond acceptors (Lipinski definition) is 6. The minimum absolute atomic E-state index is 0. The molecule has 1 aromatic heterocycles. The molecule has 1 saturated heterocycles. The summed E-state index contributed by atoms with van der Waals surface area (Å²) < 4.78 is 4.88. The maximum atomic E-state index is 12.1. The summed E-state index contributed by atoms with van der Waals surface area (Å²) in [4.78, 5) is 27.8. The van der Waals surface area contributed by atoms with Crippen LogP contribution >= 0.6 is 36.2 Å². The van der Waals surface area contributed by atoms with Gasteiger partial charge in [0.25, 0.3) is 0 Å². The molecule has 0 aliphatic carbocycles. The fourth-order valence-electron chi connectivity index (χ4n) is 2.37. The van der Waals surface area contributed by atoms with Crippen LogP contribution in [0.5, 0.6) is 0 Å². The zero-order valence-electron chi connectivity index (χ0n) is 13.2. The number of carbonyl (C=O) groups is 2. The number of nitrogens with one attached hydrogen (secondary N) is 2. The van der Waals surface area contributed by atoms with E-state index in [0.717, 1.165) is 19.4 Å². The van der Waals surface area contributed by atoms with Crippen molar-refractivity contribution >= 4 is 48.0 Å². The van der Waals surface area contributed by atoms with Crippen molar-refractivity contribution in [3.63, 3.8) is 0 Å². The highest BCUT2D eigenvalue weighted by atomic mass is 35.5. The molecule has 2 atom stereocenters. The maximum Gasteiger partial charge on any atom is 0.357 e. The van der Waals surface area contributed by atoms with Gasteiger partial charge in [-0.1, -0.05) is 0 Å². The fourth-order valence-corrected chi connectivity index (χ4v) is 3.07. The van der Waals surface area contributed by atoms with Crippen molar-refractivity contribution in [2.75, 3.05) is 13.2 Å². The number of hydrogen-bond donors (Lipinski definition) is 2. The first-order chi connectivity index (χ1) is 10.1. The van der Waals surface area contributed by atoms with E-state index < -0.39 is 5.97 Å². The van der Waals surface area contributed by atoms with E-state index in [1.54, 1.807) is 12.3 Å². The average Bonchev–Trinajstić information content (AvgIpc) is 2.94. The normalized spacial score (nSPS) is 19.9. The second-order valence-corrected chi connectivity index (χ2v) is 6.08. The summed E-state index contributed by atoms with van der Waals surface area (Å²) in [6.07, 6.45) is 1.72. The Balaban J connectivity index is 0.00000242. The Bertz CT molecular complexity index is 513. The largest absolute Gasteiger partial charge is 0.461 e. The quantitative estimate of drug-likeness (QED) is 0.761. The van der Waals surface area contributed by atoms with Gasteiger partial charge in [-0.2, -0.15) is 0 Å². The van der Waals surface area contributed by atoms with Crippen LogP contribution in [0, 0.1) is 5.92 Å². The lowest BCUT2D eigenvalue weighted by Gasteiger charge is -2.26. The first kappa shape index (κ1) is 22.1. The van der Waals surface area contributed by atoms with Gasteiger partial charge in [-0.15, -0.1) is 36.2 Å². The summed E-state index contributed by atoms with van der Waals surface area (Å²) in [5, 5.41) is 8.60. The predicted molar refractivity (Wildman–Crippen MR) is 94.6 cm³/mol. The molecule has 9 heteroatoms. The van der Waals surface area contributed by atoms with Gasteiger partial charge in [0, 0.05) is 17.3 Å². The molecule has 0 unspecified atom stereocenters. The minimum atomic E-state index is -0.418. The van der Waals surface area contributed by atoms with Crippen LogP contribution < -0.4 is 10.6 Å². The standard InChI is InChI=1S/C14H21N3O3S.2ClH/c1-3-20-14(19)11-8-21-12(17-11)7-16-13(18)10-4-5-15-9(2)6-10;;/h8-10,15H,3-7H2,1-2H3,(H,16,18);2*1H/t9-,10-;;/m0../s1. The lowest BCUT2D eigenvalue weighted by atomic mass is 9.92. The first-order valence-electron chi connectivity index (χ1n) is 7.22. The number of aromatic nitrogens is 1. The summed E-state index contributed by atoms with van der Waals surface area (Å²) in [5.41, 5.74) is 0.307. The van der Waals surface area contributed by atoms with Crippen molar-refractivity contribution in [3.8, 4) is 0 Å². The van der Waals surface area contributed by atoms with E-state index in [2.05, 4.69) is 22.5 Å². The third kappa shape index (κ3) is 6.63. The number of esters is 1. The molecule has 0 radical (unpaired) electrons. The Labute approximate surface area is 152 Å². The van der Waals surface area contributed by atoms with Gasteiger partial charge >= 0.3 is 5.97 Å².